The van der Waals surface area contributed by atoms with Gasteiger partial charge in [0.2, 0.25) is 0 Å². The summed E-state index contributed by atoms with van der Waals surface area (Å²) in [6, 6.07) is 2.16. The fourth-order valence-corrected chi connectivity index (χ4v) is 1.84. The van der Waals surface area contributed by atoms with Crippen LogP contribution < -0.4 is 0 Å². The maximum atomic E-state index is 13.1. The van der Waals surface area contributed by atoms with Crippen LogP contribution in [0.3, 0.4) is 0 Å². The number of H-pyrrole nitrogens is 1. The molecule has 0 atom stereocenters. The van der Waals surface area contributed by atoms with Crippen LogP contribution >= 0.6 is 11.6 Å². The van der Waals surface area contributed by atoms with Crippen molar-refractivity contribution in [2.75, 3.05) is 0 Å². The van der Waals surface area contributed by atoms with Gasteiger partial charge >= 0.3 is 0 Å². The van der Waals surface area contributed by atoms with Crippen LogP contribution in [-0.4, -0.2) is 15.0 Å². The van der Waals surface area contributed by atoms with Gasteiger partial charge in [-0.25, -0.2) is 18.7 Å². The third-order valence-electron chi connectivity index (χ3n) is 2.38. The van der Waals surface area contributed by atoms with E-state index < -0.39 is 11.6 Å². The average molecular weight is 240 g/mol. The fraction of sp³-hybridized carbons (Fsp3) is 0. The first-order chi connectivity index (χ1) is 7.66. The van der Waals surface area contributed by atoms with Gasteiger partial charge in [-0.15, -0.1) is 0 Å². The van der Waals surface area contributed by atoms with Crippen LogP contribution in [0.2, 0.25) is 5.15 Å². The number of aromatic nitrogens is 3. The van der Waals surface area contributed by atoms with Crippen LogP contribution in [0.1, 0.15) is 0 Å². The Balaban J connectivity index is 2.56. The molecular weight excluding hydrogens is 236 g/mol. The number of halogens is 3. The van der Waals surface area contributed by atoms with E-state index in [2.05, 4.69) is 15.0 Å². The number of nitrogens with zero attached hydrogens (tertiary/aromatic N) is 2. The molecule has 0 aliphatic rings. The number of aromatic amines is 1. The largest absolute Gasteiger partial charge is 0.351 e. The van der Waals surface area contributed by atoms with Gasteiger partial charge in [0.25, 0.3) is 0 Å². The molecule has 3 aromatic rings. The Morgan fingerprint density at radius 1 is 1.12 bits per heavy atom. The number of fused-ring (bicyclic) bond motifs is 3. The molecule has 2 aromatic heterocycles. The Kier molecular flexibility index (Phi) is 1.85. The van der Waals surface area contributed by atoms with Crippen LogP contribution in [0.4, 0.5) is 8.78 Å². The van der Waals surface area contributed by atoms with Gasteiger partial charge in [-0.2, -0.15) is 0 Å². The number of hydrogen-bond acceptors (Lipinski definition) is 2. The second-order valence-corrected chi connectivity index (χ2v) is 3.68. The minimum absolute atomic E-state index is 0.224. The summed E-state index contributed by atoms with van der Waals surface area (Å²) in [5.41, 5.74) is 1.40. The molecule has 0 spiro atoms. The van der Waals surface area contributed by atoms with E-state index >= 15 is 0 Å². The van der Waals surface area contributed by atoms with E-state index in [1.54, 1.807) is 0 Å². The summed E-state index contributed by atoms with van der Waals surface area (Å²) in [6.07, 6.45) is 1.28. The SMILES string of the molecule is Fc1cc2[nH]c3c(Cl)ncnc3c2cc1F. The highest BCUT2D eigenvalue weighted by Gasteiger charge is 2.12. The molecule has 0 saturated carbocycles. The zero-order valence-corrected chi connectivity index (χ0v) is 8.52. The van der Waals surface area contributed by atoms with Gasteiger partial charge in [0, 0.05) is 11.5 Å². The molecule has 0 unspecified atom stereocenters. The lowest BCUT2D eigenvalue weighted by molar-refractivity contribution is 0.511. The molecule has 0 aliphatic carbocycles. The quantitative estimate of drug-likeness (QED) is 0.613. The third-order valence-corrected chi connectivity index (χ3v) is 2.66. The molecule has 1 N–H and O–H groups in total. The molecule has 80 valence electrons. The lowest BCUT2D eigenvalue weighted by Crippen LogP contribution is -1.82. The van der Waals surface area contributed by atoms with Gasteiger partial charge in [-0.3, -0.25) is 0 Å². The summed E-state index contributed by atoms with van der Waals surface area (Å²) in [5, 5.41) is 0.709. The highest BCUT2D eigenvalue weighted by atomic mass is 35.5. The van der Waals surface area contributed by atoms with Gasteiger partial charge in [0.05, 0.1) is 5.52 Å². The van der Waals surface area contributed by atoms with Gasteiger partial charge in [-0.1, -0.05) is 11.6 Å². The fourth-order valence-electron chi connectivity index (χ4n) is 1.66. The van der Waals surface area contributed by atoms with Crippen molar-refractivity contribution < 1.29 is 8.78 Å². The van der Waals surface area contributed by atoms with E-state index in [0.29, 0.717) is 21.9 Å². The summed E-state index contributed by atoms with van der Waals surface area (Å²) >= 11 is 5.84. The smallest absolute Gasteiger partial charge is 0.160 e. The number of rotatable bonds is 0. The van der Waals surface area contributed by atoms with Gasteiger partial charge < -0.3 is 4.98 Å². The highest BCUT2D eigenvalue weighted by Crippen LogP contribution is 2.28. The normalized spacial score (nSPS) is 11.4. The predicted octanol–water partition coefficient (Wildman–Crippen LogP) is 3.04. The van der Waals surface area contributed by atoms with Crippen molar-refractivity contribution >= 4 is 33.5 Å². The maximum Gasteiger partial charge on any atom is 0.160 e. The number of benzene rings is 1. The molecule has 1 aromatic carbocycles. The minimum atomic E-state index is -0.914. The standard InChI is InChI=1S/C10H4ClF2N3/c11-10-9-8(14-3-15-10)4-1-5(12)6(13)2-7(4)16-9/h1-3,16H. The number of hydrogen-bond donors (Lipinski definition) is 1. The van der Waals surface area contributed by atoms with E-state index in [9.17, 15) is 8.78 Å². The van der Waals surface area contributed by atoms with Crippen molar-refractivity contribution in [2.45, 2.75) is 0 Å². The first-order valence-electron chi connectivity index (χ1n) is 4.44. The van der Waals surface area contributed by atoms with Crippen LogP contribution in [0, 0.1) is 11.6 Å². The Hall–Kier alpha value is -1.75. The van der Waals surface area contributed by atoms with Crippen LogP contribution in [0.5, 0.6) is 0 Å². The van der Waals surface area contributed by atoms with Crippen molar-refractivity contribution in [3.63, 3.8) is 0 Å². The van der Waals surface area contributed by atoms with Crippen molar-refractivity contribution in [3.8, 4) is 0 Å². The molecule has 2 heterocycles. The van der Waals surface area contributed by atoms with Crippen molar-refractivity contribution in [1.29, 1.82) is 0 Å². The second-order valence-electron chi connectivity index (χ2n) is 3.32. The lowest BCUT2D eigenvalue weighted by Gasteiger charge is -1.93. The Labute approximate surface area is 93.1 Å². The van der Waals surface area contributed by atoms with Crippen LogP contribution in [0.25, 0.3) is 21.9 Å². The van der Waals surface area contributed by atoms with Gasteiger partial charge in [0.1, 0.15) is 17.4 Å². The first-order valence-corrected chi connectivity index (χ1v) is 4.81. The van der Waals surface area contributed by atoms with Gasteiger partial charge in [-0.05, 0) is 6.07 Å². The second kappa shape index (κ2) is 3.12. The predicted molar refractivity (Wildman–Crippen MR) is 56.3 cm³/mol. The number of nitrogens with one attached hydrogen (secondary N) is 1. The molecule has 0 radical (unpaired) electrons. The molecule has 3 nitrogen and oxygen atoms in total. The molecule has 0 amide bonds. The van der Waals surface area contributed by atoms with E-state index in [1.165, 1.54) is 6.33 Å². The molecule has 6 heteroatoms. The first kappa shape index (κ1) is 9.47. The summed E-state index contributed by atoms with van der Waals surface area (Å²) in [6.45, 7) is 0. The third kappa shape index (κ3) is 1.18. The zero-order valence-electron chi connectivity index (χ0n) is 7.76. The van der Waals surface area contributed by atoms with Crippen molar-refractivity contribution in [1.82, 2.24) is 15.0 Å². The summed E-state index contributed by atoms with van der Waals surface area (Å²) < 4.78 is 26.1. The molecule has 3 rings (SSSR count). The molecular formula is C10H4ClF2N3. The Morgan fingerprint density at radius 2 is 1.88 bits per heavy atom. The van der Waals surface area contributed by atoms with Crippen molar-refractivity contribution in [2.24, 2.45) is 0 Å². The highest BCUT2D eigenvalue weighted by molar-refractivity contribution is 6.34. The monoisotopic (exact) mass is 239 g/mol. The summed E-state index contributed by atoms with van der Waals surface area (Å²) in [4.78, 5) is 10.6. The Bertz CT molecular complexity index is 708. The van der Waals surface area contributed by atoms with E-state index in [1.807, 2.05) is 0 Å². The lowest BCUT2D eigenvalue weighted by atomic mass is 10.2. The molecule has 0 bridgehead atoms. The zero-order chi connectivity index (χ0) is 11.3. The molecule has 0 aliphatic heterocycles. The van der Waals surface area contributed by atoms with Crippen molar-refractivity contribution in [3.05, 3.63) is 35.2 Å². The van der Waals surface area contributed by atoms with Gasteiger partial charge in [0.15, 0.2) is 16.8 Å². The van der Waals surface area contributed by atoms with E-state index in [4.69, 9.17) is 11.6 Å². The van der Waals surface area contributed by atoms with Crippen LogP contribution in [-0.2, 0) is 0 Å². The topological polar surface area (TPSA) is 41.6 Å². The molecule has 0 saturated heterocycles. The molecule has 16 heavy (non-hydrogen) atoms. The average Bonchev–Trinajstić information content (AvgIpc) is 2.59. The minimum Gasteiger partial charge on any atom is -0.351 e. The van der Waals surface area contributed by atoms with E-state index in [0.717, 1.165) is 12.1 Å². The summed E-state index contributed by atoms with van der Waals surface area (Å²) in [5.74, 6) is -1.83. The summed E-state index contributed by atoms with van der Waals surface area (Å²) in [7, 11) is 0. The molecule has 0 fully saturated rings. The Morgan fingerprint density at radius 3 is 2.69 bits per heavy atom. The maximum absolute atomic E-state index is 13.1. The van der Waals surface area contributed by atoms with E-state index in [-0.39, 0.29) is 5.15 Å². The van der Waals surface area contributed by atoms with Crippen LogP contribution in [0.15, 0.2) is 18.5 Å².